The van der Waals surface area contributed by atoms with Crippen LogP contribution in [0.5, 0.6) is 0 Å². The maximum Gasteiger partial charge on any atom is 0.0814 e. The Morgan fingerprint density at radius 1 is 1.21 bits per heavy atom. The van der Waals surface area contributed by atoms with E-state index < -0.39 is 0 Å². The molecule has 0 amide bonds. The molecule has 14 heavy (non-hydrogen) atoms. The van der Waals surface area contributed by atoms with Crippen molar-refractivity contribution in [2.45, 2.75) is 33.2 Å². The van der Waals surface area contributed by atoms with Crippen molar-refractivity contribution in [2.75, 3.05) is 32.7 Å². The van der Waals surface area contributed by atoms with Gasteiger partial charge in [0.15, 0.2) is 0 Å². The van der Waals surface area contributed by atoms with Gasteiger partial charge in [0.1, 0.15) is 0 Å². The predicted molar refractivity (Wildman–Crippen MR) is 68.9 cm³/mol. The first-order valence-electron chi connectivity index (χ1n) is 5.44. The Labute approximate surface area is 91.0 Å². The fourth-order valence-electron chi connectivity index (χ4n) is 1.64. The van der Waals surface area contributed by atoms with Crippen LogP contribution >= 0.6 is 0 Å². The number of nitrogens with one attached hydrogen (secondary N) is 1. The van der Waals surface area contributed by atoms with Gasteiger partial charge in [0.05, 0.1) is 8.41 Å². The molecule has 3 N–H and O–H groups in total. The van der Waals surface area contributed by atoms with Gasteiger partial charge in [-0.3, -0.25) is 4.90 Å². The van der Waals surface area contributed by atoms with Crippen LogP contribution in [0.25, 0.3) is 0 Å². The predicted octanol–water partition coefficient (Wildman–Crippen LogP) is -0.529. The van der Waals surface area contributed by atoms with Crippen molar-refractivity contribution >= 4 is 8.41 Å². The Kier molecular flexibility index (Phi) is 12.9. The summed E-state index contributed by atoms with van der Waals surface area (Å²) in [6.45, 7) is 11.7. The molecule has 0 spiro atoms. The summed E-state index contributed by atoms with van der Waals surface area (Å²) in [5, 5.41) is 3.37. The average molecular weight is 201 g/mol. The molecule has 0 aromatic rings. The zero-order valence-electron chi connectivity index (χ0n) is 9.34. The van der Waals surface area contributed by atoms with E-state index in [0.29, 0.717) is 6.04 Å². The monoisotopic (exact) mass is 201 g/mol. The van der Waals surface area contributed by atoms with Crippen molar-refractivity contribution in [3.63, 3.8) is 0 Å². The SMILES string of the molecule is B.CCC(CNCCN)N(CC)CC. The number of hydrogen-bond donors (Lipinski definition) is 2. The van der Waals surface area contributed by atoms with Gasteiger partial charge < -0.3 is 11.1 Å². The highest BCUT2D eigenvalue weighted by molar-refractivity contribution is 5.75. The molecule has 0 aliphatic rings. The van der Waals surface area contributed by atoms with Gasteiger partial charge in [-0.25, -0.2) is 0 Å². The van der Waals surface area contributed by atoms with Gasteiger partial charge in [-0.1, -0.05) is 20.8 Å². The summed E-state index contributed by atoms with van der Waals surface area (Å²) in [5.74, 6) is 0. The number of rotatable bonds is 8. The summed E-state index contributed by atoms with van der Waals surface area (Å²) in [5.41, 5.74) is 5.42. The van der Waals surface area contributed by atoms with Crippen LogP contribution in [0.4, 0.5) is 0 Å². The van der Waals surface area contributed by atoms with Crippen molar-refractivity contribution in [1.82, 2.24) is 10.2 Å². The summed E-state index contributed by atoms with van der Waals surface area (Å²) in [6.07, 6.45) is 1.21. The second-order valence-electron chi connectivity index (χ2n) is 3.28. The summed E-state index contributed by atoms with van der Waals surface area (Å²) < 4.78 is 0. The molecular formula is C10H28BN3. The first-order chi connectivity index (χ1) is 6.29. The highest BCUT2D eigenvalue weighted by Crippen LogP contribution is 2.01. The van der Waals surface area contributed by atoms with E-state index in [1.54, 1.807) is 0 Å². The second kappa shape index (κ2) is 11.0. The van der Waals surface area contributed by atoms with Gasteiger partial charge >= 0.3 is 0 Å². The lowest BCUT2D eigenvalue weighted by Crippen LogP contribution is -2.42. The quantitative estimate of drug-likeness (QED) is 0.410. The van der Waals surface area contributed by atoms with E-state index >= 15 is 0 Å². The Bertz CT molecular complexity index is 108. The van der Waals surface area contributed by atoms with Gasteiger partial charge in [0.25, 0.3) is 0 Å². The highest BCUT2D eigenvalue weighted by atomic mass is 15.2. The van der Waals surface area contributed by atoms with E-state index in [0.717, 1.165) is 32.7 Å². The van der Waals surface area contributed by atoms with Crippen LogP contribution in [0.3, 0.4) is 0 Å². The van der Waals surface area contributed by atoms with Crippen molar-refractivity contribution in [3.05, 3.63) is 0 Å². The maximum atomic E-state index is 5.42. The zero-order valence-corrected chi connectivity index (χ0v) is 9.34. The molecule has 0 aromatic heterocycles. The minimum atomic E-state index is 0. The van der Waals surface area contributed by atoms with Gasteiger partial charge in [0.2, 0.25) is 0 Å². The molecule has 0 aliphatic heterocycles. The van der Waals surface area contributed by atoms with E-state index in [1.165, 1.54) is 6.42 Å². The fraction of sp³-hybridized carbons (Fsp3) is 1.00. The lowest BCUT2D eigenvalue weighted by molar-refractivity contribution is 0.206. The Morgan fingerprint density at radius 2 is 1.79 bits per heavy atom. The van der Waals surface area contributed by atoms with Crippen LogP contribution in [0.15, 0.2) is 0 Å². The molecule has 0 rings (SSSR count). The van der Waals surface area contributed by atoms with Crippen LogP contribution < -0.4 is 11.1 Å². The molecule has 1 atom stereocenters. The topological polar surface area (TPSA) is 41.3 Å². The molecule has 4 heteroatoms. The van der Waals surface area contributed by atoms with Gasteiger partial charge in [0, 0.05) is 25.7 Å². The Morgan fingerprint density at radius 3 is 2.14 bits per heavy atom. The van der Waals surface area contributed by atoms with Crippen molar-refractivity contribution in [3.8, 4) is 0 Å². The van der Waals surface area contributed by atoms with Gasteiger partial charge in [-0.15, -0.1) is 0 Å². The molecule has 0 heterocycles. The lowest BCUT2D eigenvalue weighted by Gasteiger charge is -2.28. The van der Waals surface area contributed by atoms with Crippen LogP contribution in [0, 0.1) is 0 Å². The molecule has 3 nitrogen and oxygen atoms in total. The van der Waals surface area contributed by atoms with Crippen molar-refractivity contribution in [1.29, 1.82) is 0 Å². The van der Waals surface area contributed by atoms with Crippen LogP contribution in [0.2, 0.25) is 0 Å². The van der Waals surface area contributed by atoms with Crippen LogP contribution in [-0.2, 0) is 0 Å². The fourth-order valence-corrected chi connectivity index (χ4v) is 1.64. The van der Waals surface area contributed by atoms with Crippen molar-refractivity contribution in [2.24, 2.45) is 5.73 Å². The van der Waals surface area contributed by atoms with E-state index in [9.17, 15) is 0 Å². The lowest BCUT2D eigenvalue weighted by atomic mass is 10.2. The van der Waals surface area contributed by atoms with E-state index in [1.807, 2.05) is 0 Å². The largest absolute Gasteiger partial charge is 0.329 e. The number of likely N-dealkylation sites (N-methyl/N-ethyl adjacent to an activating group) is 1. The van der Waals surface area contributed by atoms with E-state index in [4.69, 9.17) is 5.73 Å². The maximum absolute atomic E-state index is 5.42. The minimum Gasteiger partial charge on any atom is -0.329 e. The summed E-state index contributed by atoms with van der Waals surface area (Å²) in [6, 6.07) is 0.668. The molecule has 0 aliphatic carbocycles. The van der Waals surface area contributed by atoms with Gasteiger partial charge in [-0.2, -0.15) is 0 Å². The minimum absolute atomic E-state index is 0. The molecule has 0 fully saturated rings. The highest BCUT2D eigenvalue weighted by Gasteiger charge is 2.11. The second-order valence-corrected chi connectivity index (χ2v) is 3.28. The Hall–Kier alpha value is -0.0551. The average Bonchev–Trinajstić information content (AvgIpc) is 2.17. The summed E-state index contributed by atoms with van der Waals surface area (Å²) in [7, 11) is 0. The molecule has 1 unspecified atom stereocenters. The summed E-state index contributed by atoms with van der Waals surface area (Å²) >= 11 is 0. The third-order valence-electron chi connectivity index (χ3n) is 2.50. The number of hydrogen-bond acceptors (Lipinski definition) is 3. The van der Waals surface area contributed by atoms with Crippen LogP contribution in [-0.4, -0.2) is 52.1 Å². The molecule has 0 bridgehead atoms. The molecule has 0 saturated heterocycles. The van der Waals surface area contributed by atoms with Crippen LogP contribution in [0.1, 0.15) is 27.2 Å². The number of nitrogens with two attached hydrogens (primary N) is 1. The molecule has 86 valence electrons. The molecule has 0 radical (unpaired) electrons. The molecule has 0 aromatic carbocycles. The molecular weight excluding hydrogens is 173 g/mol. The Balaban J connectivity index is 0. The first-order valence-corrected chi connectivity index (χ1v) is 5.44. The third kappa shape index (κ3) is 6.41. The zero-order chi connectivity index (χ0) is 10.1. The first kappa shape index (κ1) is 16.4. The van der Waals surface area contributed by atoms with E-state index in [-0.39, 0.29) is 8.41 Å². The normalized spacial score (nSPS) is 12.6. The van der Waals surface area contributed by atoms with Crippen molar-refractivity contribution < 1.29 is 0 Å². The standard InChI is InChI=1S/C10H25N3.BH3/c1-4-10(9-12-8-7-11)13(5-2)6-3;/h10,12H,4-9,11H2,1-3H3;1H3. The smallest absolute Gasteiger partial charge is 0.0814 e. The number of nitrogens with zero attached hydrogens (tertiary/aromatic N) is 1. The van der Waals surface area contributed by atoms with Gasteiger partial charge in [-0.05, 0) is 19.5 Å². The van der Waals surface area contributed by atoms with E-state index in [2.05, 4.69) is 31.0 Å². The third-order valence-corrected chi connectivity index (χ3v) is 2.50. The summed E-state index contributed by atoms with van der Waals surface area (Å²) in [4.78, 5) is 2.49. The molecule has 0 saturated carbocycles.